The van der Waals surface area contributed by atoms with Gasteiger partial charge in [0, 0.05) is 17.8 Å². The molecule has 0 fully saturated rings. The van der Waals surface area contributed by atoms with Gasteiger partial charge in [-0.15, -0.1) is 0 Å². The molecule has 0 saturated carbocycles. The molecule has 2 rings (SSSR count). The first-order chi connectivity index (χ1) is 10.2. The van der Waals surface area contributed by atoms with Crippen LogP contribution in [0.15, 0.2) is 59.6 Å². The van der Waals surface area contributed by atoms with Gasteiger partial charge in [0.05, 0.1) is 6.54 Å². The van der Waals surface area contributed by atoms with Gasteiger partial charge in [-0.1, -0.05) is 42.5 Å². The SMILES string of the molecule is CN(C)[C@@H](CN=Cc1ccccc1O)Cc1ccccc1. The van der Waals surface area contributed by atoms with Crippen molar-refractivity contribution in [2.45, 2.75) is 12.5 Å². The largest absolute Gasteiger partial charge is 0.507 e. The van der Waals surface area contributed by atoms with Gasteiger partial charge in [-0.2, -0.15) is 0 Å². The molecule has 0 heterocycles. The van der Waals surface area contributed by atoms with Crippen LogP contribution in [0.3, 0.4) is 0 Å². The van der Waals surface area contributed by atoms with Crippen LogP contribution >= 0.6 is 0 Å². The summed E-state index contributed by atoms with van der Waals surface area (Å²) in [6, 6.07) is 18.0. The Morgan fingerprint density at radius 3 is 2.38 bits per heavy atom. The number of likely N-dealkylation sites (N-methyl/N-ethyl adjacent to an activating group) is 1. The highest BCUT2D eigenvalue weighted by atomic mass is 16.3. The first-order valence-electron chi connectivity index (χ1n) is 7.15. The number of phenols is 1. The fourth-order valence-corrected chi connectivity index (χ4v) is 2.17. The topological polar surface area (TPSA) is 35.8 Å². The van der Waals surface area contributed by atoms with Crippen LogP contribution in [0.4, 0.5) is 0 Å². The van der Waals surface area contributed by atoms with Crippen LogP contribution in [0.25, 0.3) is 0 Å². The lowest BCUT2D eigenvalue weighted by atomic mass is 10.1. The Balaban J connectivity index is 1.99. The second-order valence-electron chi connectivity index (χ2n) is 5.36. The fraction of sp³-hybridized carbons (Fsp3) is 0.278. The van der Waals surface area contributed by atoms with Gasteiger partial charge in [-0.3, -0.25) is 4.99 Å². The first kappa shape index (κ1) is 15.3. The summed E-state index contributed by atoms with van der Waals surface area (Å²) in [5.74, 6) is 0.269. The van der Waals surface area contributed by atoms with E-state index in [4.69, 9.17) is 0 Å². The molecule has 3 nitrogen and oxygen atoms in total. The summed E-state index contributed by atoms with van der Waals surface area (Å²) in [6.07, 6.45) is 2.71. The quantitative estimate of drug-likeness (QED) is 0.827. The molecule has 3 heteroatoms. The van der Waals surface area contributed by atoms with Gasteiger partial charge in [-0.05, 0) is 38.2 Å². The van der Waals surface area contributed by atoms with E-state index in [-0.39, 0.29) is 5.75 Å². The molecule has 0 aliphatic heterocycles. The summed E-state index contributed by atoms with van der Waals surface area (Å²) in [5.41, 5.74) is 2.07. The predicted octanol–water partition coefficient (Wildman–Crippen LogP) is 2.98. The molecule has 0 amide bonds. The van der Waals surface area contributed by atoms with Crippen molar-refractivity contribution in [1.82, 2.24) is 4.90 Å². The number of aliphatic imine (C=N–C) groups is 1. The standard InChI is InChI=1S/C18H22N2O/c1-20(2)17(12-15-8-4-3-5-9-15)14-19-13-16-10-6-7-11-18(16)21/h3-11,13,17,21H,12,14H2,1-2H3/t17-/m1/s1. The normalized spacial score (nSPS) is 12.9. The number of hydrogen-bond acceptors (Lipinski definition) is 3. The highest BCUT2D eigenvalue weighted by molar-refractivity contribution is 5.83. The summed E-state index contributed by atoms with van der Waals surface area (Å²) >= 11 is 0. The van der Waals surface area contributed by atoms with Gasteiger partial charge < -0.3 is 10.0 Å². The number of phenolic OH excluding ortho intramolecular Hbond substituents is 1. The van der Waals surface area contributed by atoms with Gasteiger partial charge in [0.1, 0.15) is 5.75 Å². The minimum absolute atomic E-state index is 0.269. The molecule has 0 radical (unpaired) electrons. The summed E-state index contributed by atoms with van der Waals surface area (Å²) in [4.78, 5) is 6.68. The van der Waals surface area contributed by atoms with E-state index in [1.165, 1.54) is 5.56 Å². The summed E-state index contributed by atoms with van der Waals surface area (Å²) in [7, 11) is 4.15. The average Bonchev–Trinajstić information content (AvgIpc) is 2.49. The molecule has 0 aliphatic carbocycles. The lowest BCUT2D eigenvalue weighted by Gasteiger charge is -2.22. The van der Waals surface area contributed by atoms with E-state index in [9.17, 15) is 5.11 Å². The van der Waals surface area contributed by atoms with Crippen LogP contribution in [-0.4, -0.2) is 42.9 Å². The Labute approximate surface area is 126 Å². The van der Waals surface area contributed by atoms with Gasteiger partial charge >= 0.3 is 0 Å². The molecule has 110 valence electrons. The minimum atomic E-state index is 0.269. The van der Waals surface area contributed by atoms with E-state index in [2.05, 4.69) is 48.3 Å². The molecular formula is C18H22N2O. The van der Waals surface area contributed by atoms with Crippen molar-refractivity contribution in [2.75, 3.05) is 20.6 Å². The van der Waals surface area contributed by atoms with Crippen molar-refractivity contribution in [2.24, 2.45) is 4.99 Å². The zero-order chi connectivity index (χ0) is 15.1. The number of para-hydroxylation sites is 1. The number of aromatic hydroxyl groups is 1. The van der Waals surface area contributed by atoms with Crippen LogP contribution in [0.2, 0.25) is 0 Å². The molecule has 0 aromatic heterocycles. The lowest BCUT2D eigenvalue weighted by Crippen LogP contribution is -2.32. The van der Waals surface area contributed by atoms with Crippen LogP contribution in [0.1, 0.15) is 11.1 Å². The molecule has 1 atom stereocenters. The average molecular weight is 282 g/mol. The summed E-state index contributed by atoms with van der Waals surface area (Å²) in [6.45, 7) is 0.705. The highest BCUT2D eigenvalue weighted by Gasteiger charge is 2.11. The van der Waals surface area contributed by atoms with Crippen molar-refractivity contribution in [3.63, 3.8) is 0 Å². The van der Waals surface area contributed by atoms with Gasteiger partial charge in [0.25, 0.3) is 0 Å². The Kier molecular flexibility index (Phi) is 5.52. The fourth-order valence-electron chi connectivity index (χ4n) is 2.17. The molecule has 21 heavy (non-hydrogen) atoms. The number of hydrogen-bond donors (Lipinski definition) is 1. The third kappa shape index (κ3) is 4.72. The molecule has 0 spiro atoms. The Hall–Kier alpha value is -2.13. The summed E-state index contributed by atoms with van der Waals surface area (Å²) < 4.78 is 0. The first-order valence-corrected chi connectivity index (χ1v) is 7.15. The molecule has 0 aliphatic rings. The number of benzene rings is 2. The predicted molar refractivity (Wildman–Crippen MR) is 88.2 cm³/mol. The monoisotopic (exact) mass is 282 g/mol. The molecule has 0 saturated heterocycles. The van der Waals surface area contributed by atoms with E-state index in [1.807, 2.05) is 24.3 Å². The van der Waals surface area contributed by atoms with E-state index in [1.54, 1.807) is 12.3 Å². The van der Waals surface area contributed by atoms with Crippen molar-refractivity contribution in [3.8, 4) is 5.75 Å². The Bertz CT molecular complexity index is 579. The third-order valence-electron chi connectivity index (χ3n) is 3.53. The maximum atomic E-state index is 9.72. The molecule has 2 aromatic carbocycles. The second kappa shape index (κ2) is 7.60. The zero-order valence-electron chi connectivity index (χ0n) is 12.6. The van der Waals surface area contributed by atoms with Crippen LogP contribution in [0.5, 0.6) is 5.75 Å². The molecule has 0 unspecified atom stereocenters. The highest BCUT2D eigenvalue weighted by Crippen LogP contribution is 2.13. The van der Waals surface area contributed by atoms with Crippen molar-refractivity contribution in [3.05, 3.63) is 65.7 Å². The second-order valence-corrected chi connectivity index (χ2v) is 5.36. The summed E-state index contributed by atoms with van der Waals surface area (Å²) in [5, 5.41) is 9.72. The van der Waals surface area contributed by atoms with Gasteiger partial charge in [0.2, 0.25) is 0 Å². The number of rotatable bonds is 6. The van der Waals surface area contributed by atoms with Gasteiger partial charge in [-0.25, -0.2) is 0 Å². The van der Waals surface area contributed by atoms with E-state index >= 15 is 0 Å². The van der Waals surface area contributed by atoms with Crippen LogP contribution < -0.4 is 0 Å². The Morgan fingerprint density at radius 2 is 1.71 bits per heavy atom. The van der Waals surface area contributed by atoms with Crippen LogP contribution in [0, 0.1) is 0 Å². The minimum Gasteiger partial charge on any atom is -0.507 e. The van der Waals surface area contributed by atoms with E-state index in [0.29, 0.717) is 12.6 Å². The maximum Gasteiger partial charge on any atom is 0.124 e. The van der Waals surface area contributed by atoms with Crippen molar-refractivity contribution in [1.29, 1.82) is 0 Å². The van der Waals surface area contributed by atoms with Crippen molar-refractivity contribution >= 4 is 6.21 Å². The smallest absolute Gasteiger partial charge is 0.124 e. The maximum absolute atomic E-state index is 9.72. The van der Waals surface area contributed by atoms with E-state index < -0.39 is 0 Å². The Morgan fingerprint density at radius 1 is 1.05 bits per heavy atom. The van der Waals surface area contributed by atoms with Crippen LogP contribution in [-0.2, 0) is 6.42 Å². The molecule has 1 N–H and O–H groups in total. The molecule has 2 aromatic rings. The van der Waals surface area contributed by atoms with Gasteiger partial charge in [0.15, 0.2) is 0 Å². The molecular weight excluding hydrogens is 260 g/mol. The molecule has 0 bridgehead atoms. The lowest BCUT2D eigenvalue weighted by molar-refractivity contribution is 0.298. The number of nitrogens with zero attached hydrogens (tertiary/aromatic N) is 2. The zero-order valence-corrected chi connectivity index (χ0v) is 12.6. The van der Waals surface area contributed by atoms with Crippen molar-refractivity contribution < 1.29 is 5.11 Å². The van der Waals surface area contributed by atoms with E-state index in [0.717, 1.165) is 12.0 Å². The third-order valence-corrected chi connectivity index (χ3v) is 3.53.